The quantitative estimate of drug-likeness (QED) is 0.196. The first kappa shape index (κ1) is 20.9. The van der Waals surface area contributed by atoms with Crippen molar-refractivity contribution in [2.24, 2.45) is 0 Å². The Morgan fingerprint density at radius 1 is 0.875 bits per heavy atom. The number of hydrogen-bond donors (Lipinski definition) is 7. The summed E-state index contributed by atoms with van der Waals surface area (Å²) in [5.74, 6) is -3.54. The fourth-order valence-corrected chi connectivity index (χ4v) is 0.270. The van der Waals surface area contributed by atoms with Gasteiger partial charge in [0.1, 0.15) is 0 Å². The molecule has 0 aliphatic carbocycles. The number of carboxylic acids is 2. The number of rotatable bonds is 3. The van der Waals surface area contributed by atoms with E-state index in [2.05, 4.69) is 0 Å². The van der Waals surface area contributed by atoms with Crippen LogP contribution in [-0.4, -0.2) is 76.6 Å². The third-order valence-electron chi connectivity index (χ3n) is 0.805. The number of carboxylic acid groups (broad SMARTS) is 2. The average molecular weight is 278 g/mol. The van der Waals surface area contributed by atoms with E-state index in [1.807, 2.05) is 0 Å². The van der Waals surface area contributed by atoms with Crippen LogP contribution >= 0.6 is 7.82 Å². The lowest BCUT2D eigenvalue weighted by Crippen LogP contribution is -2.39. The van der Waals surface area contributed by atoms with Gasteiger partial charge in [-0.1, -0.05) is 0 Å². The lowest BCUT2D eigenvalue weighted by atomic mass is 10.2. The second-order valence-corrected chi connectivity index (χ2v) is 3.11. The smallest absolute Gasteiger partial charge is 0.466 e. The zero-order valence-corrected chi connectivity index (χ0v) is 7.85. The summed E-state index contributed by atoms with van der Waals surface area (Å²) in [7, 11) is -4.64. The van der Waals surface area contributed by atoms with Crippen LogP contribution in [0.15, 0.2) is 0 Å². The predicted octanol–water partition coefficient (Wildman–Crippen LogP) is -4.24. The molecule has 96 valence electrons. The lowest BCUT2D eigenvalue weighted by molar-refractivity contribution is -0.165. The van der Waals surface area contributed by atoms with Gasteiger partial charge in [-0.05, 0) is 0 Å². The summed E-state index contributed by atoms with van der Waals surface area (Å²) in [5.41, 5.74) is 0. The molecule has 0 radical (unpaired) electrons. The molecule has 16 heavy (non-hydrogen) atoms. The van der Waals surface area contributed by atoms with Crippen LogP contribution in [0, 0.1) is 0 Å². The van der Waals surface area contributed by atoms with E-state index in [0.717, 1.165) is 0 Å². The van der Waals surface area contributed by atoms with E-state index in [1.165, 1.54) is 0 Å². The maximum atomic E-state index is 9.77. The molecule has 0 aromatic carbocycles. The van der Waals surface area contributed by atoms with Gasteiger partial charge in [-0.25, -0.2) is 14.2 Å². The molecule has 0 aromatic heterocycles. The second kappa shape index (κ2) is 8.63. The molecule has 2 atom stereocenters. The van der Waals surface area contributed by atoms with Crippen LogP contribution in [0.1, 0.15) is 0 Å². The number of hydrogen-bond acceptors (Lipinski definition) is 5. The van der Waals surface area contributed by atoms with Gasteiger partial charge in [0, 0.05) is 0 Å². The van der Waals surface area contributed by atoms with Gasteiger partial charge < -0.3 is 35.1 Å². The first-order chi connectivity index (χ1) is 6.46. The molecule has 0 heterocycles. The molecule has 7 N–H and O–H groups in total. The first-order valence-electron chi connectivity index (χ1n) is 3.07. The monoisotopic (exact) mass is 278 g/mol. The number of aliphatic carboxylic acids is 2. The molecule has 10 nitrogen and oxygen atoms in total. The van der Waals surface area contributed by atoms with Crippen LogP contribution in [0.2, 0.25) is 0 Å². The number of phosphoric acid groups is 1. The highest BCUT2D eigenvalue weighted by molar-refractivity contribution is 7.45. The SMILES string of the molecule is O=C(O)C(O)C(O)C(=O)O.O=P(O)(O)O.[AlH3]. The summed E-state index contributed by atoms with van der Waals surface area (Å²) in [6, 6.07) is 0. The summed E-state index contributed by atoms with van der Waals surface area (Å²) in [6.45, 7) is 0. The molecule has 12 heteroatoms. The highest BCUT2D eigenvalue weighted by Crippen LogP contribution is 2.25. The lowest BCUT2D eigenvalue weighted by Gasteiger charge is -2.07. The molecule has 2 unspecified atom stereocenters. The van der Waals surface area contributed by atoms with Crippen LogP contribution in [0.4, 0.5) is 0 Å². The molecule has 0 saturated carbocycles. The van der Waals surface area contributed by atoms with Gasteiger partial charge in [-0.3, -0.25) is 0 Å². The highest BCUT2D eigenvalue weighted by Gasteiger charge is 2.29. The van der Waals surface area contributed by atoms with Crippen molar-refractivity contribution in [1.82, 2.24) is 0 Å². The molecule has 0 spiro atoms. The molecular weight excluding hydrogens is 266 g/mol. The van der Waals surface area contributed by atoms with Gasteiger partial charge in [0.2, 0.25) is 0 Å². The third-order valence-corrected chi connectivity index (χ3v) is 0.805. The van der Waals surface area contributed by atoms with Gasteiger partial charge in [0.25, 0.3) is 0 Å². The summed E-state index contributed by atoms with van der Waals surface area (Å²) in [4.78, 5) is 41.1. The summed E-state index contributed by atoms with van der Waals surface area (Å²) < 4.78 is 8.88. The van der Waals surface area contributed by atoms with Crippen molar-refractivity contribution in [3.05, 3.63) is 0 Å². The van der Waals surface area contributed by atoms with Gasteiger partial charge >= 0.3 is 19.8 Å². The van der Waals surface area contributed by atoms with E-state index in [9.17, 15) is 9.59 Å². The Bertz CT molecular complexity index is 246. The van der Waals surface area contributed by atoms with E-state index >= 15 is 0 Å². The Labute approximate surface area is 99.1 Å². The Morgan fingerprint density at radius 2 is 1.00 bits per heavy atom. The molecule has 0 amide bonds. The third kappa shape index (κ3) is 16.0. The molecule has 0 aromatic rings. The van der Waals surface area contributed by atoms with Crippen molar-refractivity contribution in [3.8, 4) is 0 Å². The Morgan fingerprint density at radius 3 is 1.06 bits per heavy atom. The van der Waals surface area contributed by atoms with E-state index in [4.69, 9.17) is 39.7 Å². The van der Waals surface area contributed by atoms with Crippen molar-refractivity contribution < 1.29 is 49.3 Å². The predicted molar refractivity (Wildman–Crippen MR) is 51.5 cm³/mol. The fourth-order valence-electron chi connectivity index (χ4n) is 0.270. The molecule has 0 saturated heterocycles. The van der Waals surface area contributed by atoms with Crippen molar-refractivity contribution in [3.63, 3.8) is 0 Å². The minimum Gasteiger partial charge on any atom is -0.479 e. The first-order valence-corrected chi connectivity index (χ1v) is 4.63. The normalized spacial score (nSPS) is 13.6. The summed E-state index contributed by atoms with van der Waals surface area (Å²) in [6.07, 6.45) is -4.53. The Kier molecular flexibility index (Phi) is 11.3. The van der Waals surface area contributed by atoms with E-state index in [0.29, 0.717) is 0 Å². The minimum absolute atomic E-state index is 0. The van der Waals surface area contributed by atoms with Crippen LogP contribution in [0.3, 0.4) is 0 Å². The van der Waals surface area contributed by atoms with Crippen molar-refractivity contribution >= 4 is 37.1 Å². The summed E-state index contributed by atoms with van der Waals surface area (Å²) >= 11 is 0. The Hall–Kier alpha value is -0.498. The van der Waals surface area contributed by atoms with Gasteiger partial charge in [0.15, 0.2) is 29.6 Å². The van der Waals surface area contributed by atoms with Gasteiger partial charge in [-0.2, -0.15) is 0 Å². The molecule has 0 rings (SSSR count). The molecule has 0 aliphatic heterocycles. The standard InChI is InChI=1S/C4H6O6.Al.H3O4P.3H/c5-1(3(7)8)2(6)4(9)10;;1-5(2,3)4;;;/h1-2,5-6H,(H,7,8)(H,9,10);;(H3,1,2,3,4);;;. The van der Waals surface area contributed by atoms with Crippen LogP contribution in [-0.2, 0) is 14.2 Å². The summed E-state index contributed by atoms with van der Waals surface area (Å²) in [5, 5.41) is 32.5. The second-order valence-electron chi connectivity index (χ2n) is 2.08. The topological polar surface area (TPSA) is 193 Å². The van der Waals surface area contributed by atoms with Crippen molar-refractivity contribution in [2.75, 3.05) is 0 Å². The van der Waals surface area contributed by atoms with Crippen molar-refractivity contribution in [2.45, 2.75) is 12.2 Å². The number of aliphatic hydroxyl groups is 2. The fraction of sp³-hybridized carbons (Fsp3) is 0.500. The van der Waals surface area contributed by atoms with Gasteiger partial charge in [0.05, 0.1) is 0 Å². The highest BCUT2D eigenvalue weighted by atomic mass is 31.2. The minimum atomic E-state index is -4.64. The zero-order chi connectivity index (χ0) is 12.8. The van der Waals surface area contributed by atoms with Crippen LogP contribution in [0.25, 0.3) is 0 Å². The molecule has 0 bridgehead atoms. The van der Waals surface area contributed by atoms with Crippen LogP contribution < -0.4 is 0 Å². The number of aliphatic hydroxyl groups excluding tert-OH is 2. The maximum Gasteiger partial charge on any atom is 0.466 e. The molecule has 0 fully saturated rings. The van der Waals surface area contributed by atoms with E-state index < -0.39 is 32.0 Å². The van der Waals surface area contributed by atoms with Gasteiger partial charge in [-0.15, -0.1) is 0 Å². The van der Waals surface area contributed by atoms with E-state index in [1.54, 1.807) is 0 Å². The molecule has 0 aliphatic rings. The number of carbonyl (C=O) groups is 2. The average Bonchev–Trinajstić information content (AvgIpc) is 1.98. The largest absolute Gasteiger partial charge is 0.479 e. The Balaban J connectivity index is -0.000000242. The van der Waals surface area contributed by atoms with Crippen LogP contribution in [0.5, 0.6) is 0 Å². The zero-order valence-electron chi connectivity index (χ0n) is 6.96. The van der Waals surface area contributed by atoms with E-state index in [-0.39, 0.29) is 17.4 Å². The molecular formula is C4H12AlO10P. The maximum absolute atomic E-state index is 9.77. The van der Waals surface area contributed by atoms with Crippen molar-refractivity contribution in [1.29, 1.82) is 0 Å².